The number of phosphoric acid groups is 3. The molecule has 2 unspecified atom stereocenters. The van der Waals surface area contributed by atoms with Crippen molar-refractivity contribution in [1.29, 1.82) is 0 Å². The molecule has 2 rings (SSSR count). The number of aromatic amines is 1. The van der Waals surface area contributed by atoms with Gasteiger partial charge in [-0.05, 0) is 162 Å². The molecule has 1 aromatic heterocycles. The summed E-state index contributed by atoms with van der Waals surface area (Å²) >= 11 is 0.941. The van der Waals surface area contributed by atoms with Crippen LogP contribution in [0.15, 0.2) is 20.7 Å². The van der Waals surface area contributed by atoms with Crippen LogP contribution < -0.4 is 11.2 Å². The van der Waals surface area contributed by atoms with E-state index in [2.05, 4.69) is 116 Å². The zero-order valence-electron chi connectivity index (χ0n) is 54.4. The molecule has 21 nitrogen and oxygen atoms in total. The molecule has 0 aromatic carbocycles. The average Bonchev–Trinajstić information content (AvgIpc) is 3.98. The molecule has 25 heteroatoms. The van der Waals surface area contributed by atoms with Crippen LogP contribution in [0, 0.1) is 0 Å². The second-order valence-electron chi connectivity index (χ2n) is 21.4. The van der Waals surface area contributed by atoms with Crippen LogP contribution in [0.4, 0.5) is 0 Å². The van der Waals surface area contributed by atoms with Crippen molar-refractivity contribution >= 4 is 35.2 Å². The number of phosphoric ester groups is 1. The van der Waals surface area contributed by atoms with Gasteiger partial charge in [-0.3, -0.25) is 18.9 Å². The highest BCUT2D eigenvalue weighted by Crippen LogP contribution is 2.66. The molecular formula is C58H125N6O15P3S. The maximum atomic E-state index is 12.1. The van der Waals surface area contributed by atoms with Gasteiger partial charge in [0.05, 0.1) is 11.6 Å². The molecule has 1 saturated heterocycles. The molecule has 0 saturated carbocycles. The second-order valence-corrected chi connectivity index (χ2v) is 26.6. The molecule has 1 fully saturated rings. The quantitative estimate of drug-likeness (QED) is 0.0182. The first-order valence-electron chi connectivity index (χ1n) is 32.0. The molecule has 498 valence electrons. The molecule has 1 aliphatic rings. The van der Waals surface area contributed by atoms with E-state index in [1.54, 1.807) is 0 Å². The van der Waals surface area contributed by atoms with Gasteiger partial charge < -0.3 is 54.1 Å². The summed E-state index contributed by atoms with van der Waals surface area (Å²) in [5, 5.41) is 20.3. The number of ether oxygens (including phenoxy) is 1. The molecular weight excluding hydrogens is 1150 g/mol. The molecule has 83 heavy (non-hydrogen) atoms. The van der Waals surface area contributed by atoms with Crippen LogP contribution in [0.5, 0.6) is 0 Å². The summed E-state index contributed by atoms with van der Waals surface area (Å²) in [7, 11) is -16.8. The van der Waals surface area contributed by atoms with E-state index in [9.17, 15) is 38.4 Å². The smallest absolute Gasteiger partial charge is 0.387 e. The Morgan fingerprint density at radius 2 is 0.759 bits per heavy atom. The van der Waals surface area contributed by atoms with Crippen LogP contribution in [0.3, 0.4) is 0 Å². The summed E-state index contributed by atoms with van der Waals surface area (Å²) in [6, 6.07) is 1.02. The summed E-state index contributed by atoms with van der Waals surface area (Å²) in [4.78, 5) is 71.5. The Bertz CT molecular complexity index is 1730. The third-order valence-electron chi connectivity index (χ3n) is 13.5. The summed E-state index contributed by atoms with van der Waals surface area (Å²) in [6.07, 6.45) is 27.2. The van der Waals surface area contributed by atoms with Crippen molar-refractivity contribution in [3.63, 3.8) is 0 Å². The van der Waals surface area contributed by atoms with Gasteiger partial charge in [0.25, 0.3) is 5.56 Å². The Balaban J connectivity index is -0.00000104. The molecule has 0 spiro atoms. The lowest BCUT2D eigenvalue weighted by Gasteiger charge is -2.21. The number of aliphatic hydroxyl groups excluding tert-OH is 2. The van der Waals surface area contributed by atoms with Crippen molar-refractivity contribution in [1.82, 2.24) is 29.2 Å². The molecule has 0 bridgehead atoms. The number of hydrogen-bond donors (Lipinski definition) is 7. The number of aromatic nitrogens is 2. The molecule has 0 radical (unpaired) electrons. The van der Waals surface area contributed by atoms with E-state index in [-0.39, 0.29) is 5.03 Å². The van der Waals surface area contributed by atoms with Gasteiger partial charge in [0.2, 0.25) is 0 Å². The number of nitrogens with one attached hydrogen (secondary N) is 1. The lowest BCUT2D eigenvalue weighted by Crippen LogP contribution is -2.38. The number of thioether (sulfide) groups is 1. The number of H-pyrrole nitrogens is 1. The van der Waals surface area contributed by atoms with Gasteiger partial charge in [-0.15, -0.1) is 11.8 Å². The van der Waals surface area contributed by atoms with Crippen molar-refractivity contribution in [2.45, 2.75) is 267 Å². The SMILES string of the molecule is CCCCN(CCCC)CCCC.CCCCN(CCCC)CCCC.CCCCN(CCCC)CCCC.CCCCN(CCCC)CCCC.CSc1cc(=O)[nH]c(=O)n1[C@@H]1O[C@H](COP(=O)(O)OP(=O)(O)OP(=O)(O)O)[C@@H](O)[C@H]1O. The summed E-state index contributed by atoms with van der Waals surface area (Å²) in [5.41, 5.74) is -1.72. The molecule has 7 N–H and O–H groups in total. The first kappa shape index (κ1) is 86.4. The zero-order chi connectivity index (χ0) is 63.5. The van der Waals surface area contributed by atoms with Crippen LogP contribution in [-0.4, -0.2) is 169 Å². The van der Waals surface area contributed by atoms with E-state index in [4.69, 9.17) is 19.4 Å². The van der Waals surface area contributed by atoms with Gasteiger partial charge in [-0.1, -0.05) is 160 Å². The molecule has 0 amide bonds. The second kappa shape index (κ2) is 55.2. The Morgan fingerprint density at radius 3 is 1.00 bits per heavy atom. The average molecular weight is 1270 g/mol. The molecule has 6 atom stereocenters. The number of aliphatic hydroxyl groups is 2. The van der Waals surface area contributed by atoms with Crippen LogP contribution in [-0.2, 0) is 31.6 Å². The minimum Gasteiger partial charge on any atom is -0.387 e. The van der Waals surface area contributed by atoms with Crippen molar-refractivity contribution in [3.05, 3.63) is 26.9 Å². The molecule has 2 heterocycles. The zero-order valence-corrected chi connectivity index (χ0v) is 57.9. The predicted octanol–water partition coefficient (Wildman–Crippen LogP) is 13.0. The lowest BCUT2D eigenvalue weighted by atomic mass is 10.1. The normalized spacial score (nSPS) is 17.5. The fourth-order valence-corrected chi connectivity index (χ4v) is 12.0. The van der Waals surface area contributed by atoms with Crippen molar-refractivity contribution in [2.75, 3.05) is 91.4 Å². The molecule has 1 aromatic rings. The van der Waals surface area contributed by atoms with E-state index in [1.165, 1.54) is 239 Å². The summed E-state index contributed by atoms with van der Waals surface area (Å²) in [5.74, 6) is 0. The topological polar surface area (TPSA) is 277 Å². The number of rotatable bonds is 45. The lowest BCUT2D eigenvalue weighted by molar-refractivity contribution is -0.0582. The van der Waals surface area contributed by atoms with E-state index in [1.807, 2.05) is 4.98 Å². The third-order valence-corrected chi connectivity index (χ3v) is 18.0. The summed E-state index contributed by atoms with van der Waals surface area (Å²) < 4.78 is 51.1. The summed E-state index contributed by atoms with van der Waals surface area (Å²) in [6.45, 7) is 42.0. The fraction of sp³-hybridized carbons (Fsp3) is 0.931. The Hall–Kier alpha value is -0.840. The monoisotopic (exact) mass is 1270 g/mol. The number of nitrogens with zero attached hydrogens (tertiary/aromatic N) is 5. The Labute approximate surface area is 508 Å². The minimum absolute atomic E-state index is 0.0542. The van der Waals surface area contributed by atoms with Gasteiger partial charge >= 0.3 is 29.2 Å². The molecule has 0 aliphatic carbocycles. The Morgan fingerprint density at radius 1 is 0.482 bits per heavy atom. The maximum absolute atomic E-state index is 12.1. The predicted molar refractivity (Wildman–Crippen MR) is 344 cm³/mol. The highest BCUT2D eigenvalue weighted by Gasteiger charge is 2.47. The van der Waals surface area contributed by atoms with Crippen molar-refractivity contribution < 1.29 is 61.4 Å². The van der Waals surface area contributed by atoms with Crippen molar-refractivity contribution in [2.24, 2.45) is 0 Å². The fourth-order valence-electron chi connectivity index (χ4n) is 8.36. The maximum Gasteiger partial charge on any atom is 0.490 e. The first-order chi connectivity index (χ1) is 39.4. The first-order valence-corrected chi connectivity index (χ1v) is 37.8. The van der Waals surface area contributed by atoms with Crippen LogP contribution in [0.1, 0.15) is 243 Å². The van der Waals surface area contributed by atoms with Gasteiger partial charge in [0.1, 0.15) is 18.3 Å². The van der Waals surface area contributed by atoms with Gasteiger partial charge in [-0.25, -0.2) is 18.5 Å². The standard InChI is InChI=1S/4C12H27N.C10H17N2O15P3S/c4*1-4-7-10-13(11-8-5-2)12-9-6-3;1-31-6-2-5(13)11-10(16)12(6)9-8(15)7(14)4(25-9)3-24-29(20,21)27-30(22,23)26-28(17,18)19/h4*4-12H2,1-3H3;2,4,7-9,14-15H,3H2,1H3,(H,20,21)(H,22,23)(H,11,13,16)(H2,17,18,19)/t;;;;4-,7-,8-,9-/m....1/s1. The van der Waals surface area contributed by atoms with Crippen LogP contribution >= 0.6 is 35.2 Å². The van der Waals surface area contributed by atoms with Gasteiger partial charge in [-0.2, -0.15) is 8.62 Å². The molecule has 1 aliphatic heterocycles. The van der Waals surface area contributed by atoms with Crippen molar-refractivity contribution in [3.8, 4) is 0 Å². The highest BCUT2D eigenvalue weighted by molar-refractivity contribution is 7.98. The number of unbranched alkanes of at least 4 members (excludes halogenated alkanes) is 12. The highest BCUT2D eigenvalue weighted by atomic mass is 32.2. The van der Waals surface area contributed by atoms with E-state index < -0.39 is 65.9 Å². The van der Waals surface area contributed by atoms with Crippen LogP contribution in [0.2, 0.25) is 0 Å². The van der Waals surface area contributed by atoms with E-state index in [0.717, 1.165) is 22.4 Å². The Kier molecular flexibility index (Phi) is 57.5. The van der Waals surface area contributed by atoms with Gasteiger partial charge in [0, 0.05) is 6.07 Å². The number of hydrogen-bond acceptors (Lipinski definition) is 16. The van der Waals surface area contributed by atoms with Crippen LogP contribution in [0.25, 0.3) is 0 Å². The van der Waals surface area contributed by atoms with E-state index >= 15 is 0 Å². The minimum atomic E-state index is -5.74. The van der Waals surface area contributed by atoms with E-state index in [0.29, 0.717) is 0 Å². The third kappa shape index (κ3) is 47.8. The van der Waals surface area contributed by atoms with Gasteiger partial charge in [0.15, 0.2) is 6.23 Å². The largest absolute Gasteiger partial charge is 0.490 e.